The van der Waals surface area contributed by atoms with Crippen LogP contribution in [0.15, 0.2) is 10.6 Å². The van der Waals surface area contributed by atoms with Crippen LogP contribution in [0.3, 0.4) is 0 Å². The number of nitrogens with one attached hydrogen (secondary N) is 1. The van der Waals surface area contributed by atoms with Crippen LogP contribution in [0, 0.1) is 12.8 Å². The van der Waals surface area contributed by atoms with Crippen LogP contribution in [0.1, 0.15) is 43.9 Å². The Labute approximate surface area is 101 Å². The summed E-state index contributed by atoms with van der Waals surface area (Å²) in [5.74, 6) is 1.79. The van der Waals surface area contributed by atoms with Crippen LogP contribution in [-0.2, 0) is 4.79 Å². The Hall–Kier alpha value is -1.36. The van der Waals surface area contributed by atoms with E-state index in [0.29, 0.717) is 18.2 Å². The average molecular weight is 237 g/mol. The second kappa shape index (κ2) is 4.87. The molecule has 2 atom stereocenters. The summed E-state index contributed by atoms with van der Waals surface area (Å²) in [5.41, 5.74) is 5.90. The molecule has 0 aromatic carbocycles. The molecular weight excluding hydrogens is 218 g/mol. The molecule has 1 aliphatic carbocycles. The maximum atomic E-state index is 11.7. The first-order chi connectivity index (χ1) is 8.06. The van der Waals surface area contributed by atoms with Crippen molar-refractivity contribution in [3.05, 3.63) is 17.8 Å². The molecule has 0 saturated heterocycles. The second-order valence-corrected chi connectivity index (χ2v) is 4.80. The van der Waals surface area contributed by atoms with Gasteiger partial charge in [-0.15, -0.1) is 0 Å². The van der Waals surface area contributed by atoms with Crippen LogP contribution in [0.4, 0.5) is 0 Å². The predicted molar refractivity (Wildman–Crippen MR) is 63.1 cm³/mol. The van der Waals surface area contributed by atoms with Crippen LogP contribution in [0.5, 0.6) is 0 Å². The van der Waals surface area contributed by atoms with Crippen molar-refractivity contribution in [2.75, 3.05) is 0 Å². The standard InChI is InChI=1S/C12H19N3O2/c1-7-6-14-12(17-7)8(2)15-11(16)5-10(13)9-3-4-9/h6,8-10H,3-5,13H2,1-2H3,(H,15,16). The van der Waals surface area contributed by atoms with Gasteiger partial charge in [0.05, 0.1) is 6.20 Å². The van der Waals surface area contributed by atoms with Crippen LogP contribution in [0.2, 0.25) is 0 Å². The number of oxazole rings is 1. The Kier molecular flexibility index (Phi) is 3.47. The fourth-order valence-corrected chi connectivity index (χ4v) is 1.84. The van der Waals surface area contributed by atoms with Gasteiger partial charge in [-0.05, 0) is 32.6 Å². The highest BCUT2D eigenvalue weighted by Gasteiger charge is 2.30. The summed E-state index contributed by atoms with van der Waals surface area (Å²) < 4.78 is 5.35. The smallest absolute Gasteiger partial charge is 0.222 e. The van der Waals surface area contributed by atoms with Gasteiger partial charge in [0.1, 0.15) is 11.8 Å². The van der Waals surface area contributed by atoms with Gasteiger partial charge in [0.15, 0.2) is 0 Å². The fourth-order valence-electron chi connectivity index (χ4n) is 1.84. The van der Waals surface area contributed by atoms with Gasteiger partial charge in [0, 0.05) is 12.5 Å². The van der Waals surface area contributed by atoms with Crippen LogP contribution >= 0.6 is 0 Å². The summed E-state index contributed by atoms with van der Waals surface area (Å²) in [7, 11) is 0. The number of aryl methyl sites for hydroxylation is 1. The lowest BCUT2D eigenvalue weighted by molar-refractivity contribution is -0.122. The van der Waals surface area contributed by atoms with Crippen molar-refractivity contribution in [2.45, 2.75) is 45.2 Å². The lowest BCUT2D eigenvalue weighted by atomic mass is 10.1. The molecule has 1 aromatic heterocycles. The van der Waals surface area contributed by atoms with E-state index >= 15 is 0 Å². The Bertz CT molecular complexity index is 398. The van der Waals surface area contributed by atoms with Crippen molar-refractivity contribution in [1.82, 2.24) is 10.3 Å². The quantitative estimate of drug-likeness (QED) is 0.808. The van der Waals surface area contributed by atoms with Gasteiger partial charge >= 0.3 is 0 Å². The number of rotatable bonds is 5. The first-order valence-corrected chi connectivity index (χ1v) is 6.03. The van der Waals surface area contributed by atoms with Crippen molar-refractivity contribution in [1.29, 1.82) is 0 Å². The number of hydrogen-bond donors (Lipinski definition) is 2. The van der Waals surface area contributed by atoms with Crippen LogP contribution < -0.4 is 11.1 Å². The number of aromatic nitrogens is 1. The van der Waals surface area contributed by atoms with Gasteiger partial charge < -0.3 is 15.5 Å². The van der Waals surface area contributed by atoms with E-state index in [4.69, 9.17) is 10.2 Å². The molecule has 1 fully saturated rings. The molecule has 5 nitrogen and oxygen atoms in total. The average Bonchev–Trinajstić information content (AvgIpc) is 3.01. The maximum Gasteiger partial charge on any atom is 0.222 e. The minimum absolute atomic E-state index is 0.00602. The zero-order valence-corrected chi connectivity index (χ0v) is 10.3. The molecule has 2 rings (SSSR count). The topological polar surface area (TPSA) is 81.2 Å². The second-order valence-electron chi connectivity index (χ2n) is 4.80. The van der Waals surface area contributed by atoms with E-state index in [0.717, 1.165) is 18.6 Å². The van der Waals surface area contributed by atoms with Crippen LogP contribution in [0.25, 0.3) is 0 Å². The zero-order valence-electron chi connectivity index (χ0n) is 10.3. The Morgan fingerprint density at radius 1 is 1.71 bits per heavy atom. The maximum absolute atomic E-state index is 11.7. The molecule has 17 heavy (non-hydrogen) atoms. The summed E-state index contributed by atoms with van der Waals surface area (Å²) in [5, 5.41) is 2.85. The molecule has 94 valence electrons. The van der Waals surface area contributed by atoms with E-state index in [1.54, 1.807) is 6.20 Å². The fraction of sp³-hybridized carbons (Fsp3) is 0.667. The summed E-state index contributed by atoms with van der Waals surface area (Å²) in [6.07, 6.45) is 4.34. The number of amides is 1. The third-order valence-corrected chi connectivity index (χ3v) is 3.04. The number of carbonyl (C=O) groups is 1. The minimum atomic E-state index is -0.206. The largest absolute Gasteiger partial charge is 0.444 e. The lowest BCUT2D eigenvalue weighted by Crippen LogP contribution is -2.34. The Morgan fingerprint density at radius 3 is 2.94 bits per heavy atom. The lowest BCUT2D eigenvalue weighted by Gasteiger charge is -2.13. The van der Waals surface area contributed by atoms with Gasteiger partial charge in [-0.25, -0.2) is 4.98 Å². The van der Waals surface area contributed by atoms with E-state index in [1.807, 2.05) is 13.8 Å². The van der Waals surface area contributed by atoms with E-state index in [2.05, 4.69) is 10.3 Å². The normalized spacial score (nSPS) is 18.8. The van der Waals surface area contributed by atoms with Crippen molar-refractivity contribution in [2.24, 2.45) is 11.7 Å². The van der Waals surface area contributed by atoms with Crippen molar-refractivity contribution < 1.29 is 9.21 Å². The van der Waals surface area contributed by atoms with Gasteiger partial charge in [-0.3, -0.25) is 4.79 Å². The van der Waals surface area contributed by atoms with Gasteiger partial charge in [0.2, 0.25) is 11.8 Å². The predicted octanol–water partition coefficient (Wildman–Crippen LogP) is 1.29. The first-order valence-electron chi connectivity index (χ1n) is 6.03. The molecule has 1 aromatic rings. The molecule has 0 bridgehead atoms. The van der Waals surface area contributed by atoms with E-state index in [-0.39, 0.29) is 18.0 Å². The van der Waals surface area contributed by atoms with E-state index in [1.165, 1.54) is 0 Å². The van der Waals surface area contributed by atoms with E-state index in [9.17, 15) is 4.79 Å². The third kappa shape index (κ3) is 3.30. The summed E-state index contributed by atoms with van der Waals surface area (Å²) in [6.45, 7) is 3.68. The molecule has 0 spiro atoms. The number of nitrogens with two attached hydrogens (primary N) is 1. The summed E-state index contributed by atoms with van der Waals surface area (Å²) in [6, 6.07) is -0.212. The molecule has 1 heterocycles. The van der Waals surface area contributed by atoms with E-state index < -0.39 is 0 Å². The summed E-state index contributed by atoms with van der Waals surface area (Å²) >= 11 is 0. The van der Waals surface area contributed by atoms with Gasteiger partial charge in [-0.2, -0.15) is 0 Å². The molecule has 0 aliphatic heterocycles. The third-order valence-electron chi connectivity index (χ3n) is 3.04. The number of nitrogens with zero attached hydrogens (tertiary/aromatic N) is 1. The zero-order chi connectivity index (χ0) is 12.4. The molecular formula is C12H19N3O2. The monoisotopic (exact) mass is 237 g/mol. The molecule has 0 radical (unpaired) electrons. The van der Waals surface area contributed by atoms with Crippen molar-refractivity contribution in [3.63, 3.8) is 0 Å². The SMILES string of the molecule is Cc1cnc(C(C)NC(=O)CC(N)C2CC2)o1. The molecule has 3 N–H and O–H groups in total. The molecule has 1 saturated carbocycles. The first kappa shape index (κ1) is 12.1. The highest BCUT2D eigenvalue weighted by molar-refractivity contribution is 5.77. The molecule has 1 aliphatic rings. The van der Waals surface area contributed by atoms with Gasteiger partial charge in [0.25, 0.3) is 0 Å². The molecule has 2 unspecified atom stereocenters. The highest BCUT2D eigenvalue weighted by Crippen LogP contribution is 2.32. The van der Waals surface area contributed by atoms with Crippen LogP contribution in [-0.4, -0.2) is 16.9 Å². The highest BCUT2D eigenvalue weighted by atomic mass is 16.4. The molecule has 5 heteroatoms. The number of hydrogen-bond acceptors (Lipinski definition) is 4. The Balaban J connectivity index is 1.81. The minimum Gasteiger partial charge on any atom is -0.444 e. The number of carbonyl (C=O) groups excluding carboxylic acids is 1. The van der Waals surface area contributed by atoms with Crippen molar-refractivity contribution in [3.8, 4) is 0 Å². The van der Waals surface area contributed by atoms with Gasteiger partial charge in [-0.1, -0.05) is 0 Å². The molecule has 1 amide bonds. The Morgan fingerprint density at radius 2 is 2.41 bits per heavy atom. The summed E-state index contributed by atoms with van der Waals surface area (Å²) in [4.78, 5) is 15.8. The van der Waals surface area contributed by atoms with Crippen molar-refractivity contribution >= 4 is 5.91 Å².